The molecule has 1 heterocycles. The van der Waals surface area contributed by atoms with Gasteiger partial charge in [0.25, 0.3) is 0 Å². The molecule has 0 aliphatic heterocycles. The second-order valence-corrected chi connectivity index (χ2v) is 5.04. The largest absolute Gasteiger partial charge is 0.481 e. The van der Waals surface area contributed by atoms with Crippen LogP contribution < -0.4 is 4.74 Å². The molecule has 0 atom stereocenters. The van der Waals surface area contributed by atoms with Crippen LogP contribution in [0.15, 0.2) is 29.3 Å². The van der Waals surface area contributed by atoms with Crippen LogP contribution in [0.2, 0.25) is 0 Å². The summed E-state index contributed by atoms with van der Waals surface area (Å²) in [6, 6.07) is 6.09. The summed E-state index contributed by atoms with van der Waals surface area (Å²) in [6.45, 7) is 2.08. The van der Waals surface area contributed by atoms with E-state index in [9.17, 15) is 4.79 Å². The fraction of sp³-hybridized carbons (Fsp3) is 0.286. The molecular formula is C14H15NO2S. The number of aromatic nitrogens is 1. The number of aryl methyl sites for hydroxylation is 1. The van der Waals surface area contributed by atoms with Crippen molar-refractivity contribution >= 4 is 28.8 Å². The number of fused-ring (bicyclic) bond motifs is 1. The van der Waals surface area contributed by atoms with Crippen molar-refractivity contribution in [1.29, 1.82) is 0 Å². The third-order valence-corrected chi connectivity index (χ3v) is 4.00. The highest BCUT2D eigenvalue weighted by atomic mass is 32.2. The molecule has 0 aliphatic rings. The molecule has 0 saturated heterocycles. The van der Waals surface area contributed by atoms with E-state index in [1.807, 2.05) is 12.1 Å². The topological polar surface area (TPSA) is 39.2 Å². The van der Waals surface area contributed by atoms with E-state index < -0.39 is 0 Å². The predicted molar refractivity (Wildman–Crippen MR) is 74.4 cm³/mol. The minimum atomic E-state index is 0.572. The van der Waals surface area contributed by atoms with Gasteiger partial charge in [-0.15, -0.1) is 11.8 Å². The van der Waals surface area contributed by atoms with Gasteiger partial charge in [-0.2, -0.15) is 0 Å². The van der Waals surface area contributed by atoms with E-state index in [0.29, 0.717) is 12.3 Å². The molecule has 0 radical (unpaired) electrons. The van der Waals surface area contributed by atoms with Gasteiger partial charge in [-0.05, 0) is 24.6 Å². The Morgan fingerprint density at radius 3 is 2.89 bits per heavy atom. The number of carbonyl (C=O) groups is 1. The maximum atomic E-state index is 10.4. The van der Waals surface area contributed by atoms with Crippen LogP contribution in [0.25, 0.3) is 10.8 Å². The lowest BCUT2D eigenvalue weighted by atomic mass is 10.1. The Hall–Kier alpha value is -1.55. The minimum Gasteiger partial charge on any atom is -0.481 e. The van der Waals surface area contributed by atoms with Gasteiger partial charge >= 0.3 is 0 Å². The van der Waals surface area contributed by atoms with Crippen LogP contribution in [0.1, 0.15) is 12.0 Å². The minimum absolute atomic E-state index is 0.572. The number of thioether (sulfide) groups is 1. The van der Waals surface area contributed by atoms with Crippen molar-refractivity contribution < 1.29 is 9.53 Å². The quantitative estimate of drug-likeness (QED) is 0.470. The summed E-state index contributed by atoms with van der Waals surface area (Å²) in [4.78, 5) is 15.8. The standard InChI is InChI=1S/C14H15NO2S/c1-10-4-5-12-11(6-7-15-14(12)17-2)13(10)18-9-3-8-16/h4-8H,3,9H2,1-2H3. The van der Waals surface area contributed by atoms with Crippen molar-refractivity contribution in [3.8, 4) is 5.88 Å². The first-order valence-corrected chi connectivity index (χ1v) is 6.75. The second-order valence-electron chi connectivity index (χ2n) is 3.93. The van der Waals surface area contributed by atoms with E-state index in [2.05, 4.69) is 18.0 Å². The van der Waals surface area contributed by atoms with Gasteiger partial charge in [-0.25, -0.2) is 4.98 Å². The molecule has 0 N–H and O–H groups in total. The van der Waals surface area contributed by atoms with E-state index in [0.717, 1.165) is 22.8 Å². The zero-order valence-corrected chi connectivity index (χ0v) is 11.3. The molecule has 1 aromatic carbocycles. The lowest BCUT2D eigenvalue weighted by molar-refractivity contribution is -0.107. The molecule has 0 saturated carbocycles. The summed E-state index contributed by atoms with van der Waals surface area (Å²) in [6.07, 6.45) is 3.28. The Morgan fingerprint density at radius 2 is 2.17 bits per heavy atom. The number of rotatable bonds is 5. The number of benzene rings is 1. The smallest absolute Gasteiger partial charge is 0.221 e. The molecule has 0 spiro atoms. The van der Waals surface area contributed by atoms with Crippen LogP contribution in [0.3, 0.4) is 0 Å². The summed E-state index contributed by atoms with van der Waals surface area (Å²) >= 11 is 1.71. The highest BCUT2D eigenvalue weighted by Gasteiger charge is 2.09. The number of methoxy groups -OCH3 is 1. The Bertz CT molecular complexity index is 569. The monoisotopic (exact) mass is 261 g/mol. The van der Waals surface area contributed by atoms with Gasteiger partial charge in [0.05, 0.1) is 7.11 Å². The fourth-order valence-electron chi connectivity index (χ4n) is 1.87. The summed E-state index contributed by atoms with van der Waals surface area (Å²) in [5, 5.41) is 2.15. The Kier molecular flexibility index (Phi) is 4.20. The molecule has 1 aromatic heterocycles. The number of hydrogen-bond donors (Lipinski definition) is 0. The number of ether oxygens (including phenoxy) is 1. The molecule has 0 bridgehead atoms. The fourth-order valence-corrected chi connectivity index (χ4v) is 2.92. The number of aldehydes is 1. The molecule has 0 fully saturated rings. The van der Waals surface area contributed by atoms with Gasteiger partial charge in [0.1, 0.15) is 6.29 Å². The predicted octanol–water partition coefficient (Wildman–Crippen LogP) is 3.23. The van der Waals surface area contributed by atoms with Crippen LogP contribution in [-0.2, 0) is 4.79 Å². The van der Waals surface area contributed by atoms with E-state index in [1.165, 1.54) is 10.5 Å². The van der Waals surface area contributed by atoms with Crippen molar-refractivity contribution in [2.24, 2.45) is 0 Å². The van der Waals surface area contributed by atoms with E-state index in [1.54, 1.807) is 25.1 Å². The number of nitrogens with zero attached hydrogens (tertiary/aromatic N) is 1. The highest BCUT2D eigenvalue weighted by molar-refractivity contribution is 7.99. The van der Waals surface area contributed by atoms with Crippen molar-refractivity contribution in [2.45, 2.75) is 18.2 Å². The van der Waals surface area contributed by atoms with Crippen molar-refractivity contribution in [3.63, 3.8) is 0 Å². The van der Waals surface area contributed by atoms with E-state index in [4.69, 9.17) is 4.74 Å². The molecule has 0 amide bonds. The number of hydrogen-bond acceptors (Lipinski definition) is 4. The van der Waals surface area contributed by atoms with Gasteiger partial charge in [-0.3, -0.25) is 0 Å². The maximum absolute atomic E-state index is 10.4. The molecule has 0 aliphatic carbocycles. The summed E-state index contributed by atoms with van der Waals surface area (Å²) in [5.41, 5.74) is 1.21. The molecule has 18 heavy (non-hydrogen) atoms. The molecule has 94 valence electrons. The molecule has 3 nitrogen and oxygen atoms in total. The van der Waals surface area contributed by atoms with Crippen LogP contribution in [0, 0.1) is 6.92 Å². The molecule has 4 heteroatoms. The number of carbonyl (C=O) groups excluding carboxylic acids is 1. The average molecular weight is 261 g/mol. The lowest BCUT2D eigenvalue weighted by Gasteiger charge is -2.11. The van der Waals surface area contributed by atoms with Crippen LogP contribution in [0.4, 0.5) is 0 Å². The van der Waals surface area contributed by atoms with Gasteiger partial charge in [0, 0.05) is 34.0 Å². The van der Waals surface area contributed by atoms with Gasteiger partial charge < -0.3 is 9.53 Å². The normalized spacial score (nSPS) is 10.6. The van der Waals surface area contributed by atoms with Crippen molar-refractivity contribution in [1.82, 2.24) is 4.98 Å². The third kappa shape index (κ3) is 2.48. The van der Waals surface area contributed by atoms with Gasteiger partial charge in [0.15, 0.2) is 0 Å². The summed E-state index contributed by atoms with van der Waals surface area (Å²) < 4.78 is 5.27. The van der Waals surface area contributed by atoms with Crippen molar-refractivity contribution in [2.75, 3.05) is 12.9 Å². The molecule has 2 aromatic rings. The summed E-state index contributed by atoms with van der Waals surface area (Å²) in [5.74, 6) is 1.44. The lowest BCUT2D eigenvalue weighted by Crippen LogP contribution is -1.92. The van der Waals surface area contributed by atoms with Crippen LogP contribution in [0.5, 0.6) is 5.88 Å². The van der Waals surface area contributed by atoms with Gasteiger partial charge in [-0.1, -0.05) is 6.07 Å². The second kappa shape index (κ2) is 5.87. The third-order valence-electron chi connectivity index (χ3n) is 2.73. The Labute approximate surface area is 111 Å². The molecule has 2 rings (SSSR count). The Balaban J connectivity index is 2.49. The average Bonchev–Trinajstić information content (AvgIpc) is 2.40. The SMILES string of the molecule is COc1nccc2c(SCCC=O)c(C)ccc12. The summed E-state index contributed by atoms with van der Waals surface area (Å²) in [7, 11) is 1.63. The molecule has 0 unspecified atom stereocenters. The van der Waals surface area contributed by atoms with E-state index >= 15 is 0 Å². The Morgan fingerprint density at radius 1 is 1.33 bits per heavy atom. The molecular weight excluding hydrogens is 246 g/mol. The zero-order valence-electron chi connectivity index (χ0n) is 10.5. The maximum Gasteiger partial charge on any atom is 0.221 e. The van der Waals surface area contributed by atoms with Crippen LogP contribution >= 0.6 is 11.8 Å². The van der Waals surface area contributed by atoms with Gasteiger partial charge in [0.2, 0.25) is 5.88 Å². The van der Waals surface area contributed by atoms with Crippen molar-refractivity contribution in [3.05, 3.63) is 30.0 Å². The first kappa shape index (κ1) is 12.9. The van der Waals surface area contributed by atoms with E-state index in [-0.39, 0.29) is 0 Å². The highest BCUT2D eigenvalue weighted by Crippen LogP contribution is 2.34. The zero-order chi connectivity index (χ0) is 13.0. The number of pyridine rings is 1. The first-order chi connectivity index (χ1) is 8.77. The first-order valence-electron chi connectivity index (χ1n) is 5.76. The van der Waals surface area contributed by atoms with Crippen LogP contribution in [-0.4, -0.2) is 24.1 Å².